The molecule has 5 N–H and O–H groups in total. The maximum atomic E-state index is 11.5. The van der Waals surface area contributed by atoms with Crippen molar-refractivity contribution in [3.8, 4) is 0 Å². The van der Waals surface area contributed by atoms with Crippen LogP contribution in [0.4, 0.5) is 0 Å². The average molecular weight is 283 g/mol. The normalized spacial score (nSPS) is 11.1. The zero-order chi connectivity index (χ0) is 15.9. The van der Waals surface area contributed by atoms with Gasteiger partial charge in [-0.2, -0.15) is 0 Å². The Morgan fingerprint density at radius 3 is 2.50 bits per heavy atom. The van der Waals surface area contributed by atoms with Crippen LogP contribution in [0.3, 0.4) is 0 Å². The molecule has 7 nitrogen and oxygen atoms in total. The summed E-state index contributed by atoms with van der Waals surface area (Å²) >= 11 is 0. The van der Waals surface area contributed by atoms with Gasteiger partial charge in [0.05, 0.1) is 0 Å². The summed E-state index contributed by atoms with van der Waals surface area (Å²) in [6.07, 6.45) is 3.03. The topological polar surface area (TPSA) is 110 Å². The molecular weight excluding hydrogens is 258 g/mol. The highest BCUT2D eigenvalue weighted by Gasteiger charge is 2.04. The highest BCUT2D eigenvalue weighted by atomic mass is 16.2. The predicted octanol–water partition coefficient (Wildman–Crippen LogP) is 0.461. The fraction of sp³-hybridized carbons (Fsp3) is 0.538. The Hall–Kier alpha value is -2.02. The van der Waals surface area contributed by atoms with Crippen LogP contribution in [0, 0.1) is 12.8 Å². The Balaban J connectivity index is 0.00000172. The van der Waals surface area contributed by atoms with Gasteiger partial charge in [0.2, 0.25) is 0 Å². The lowest BCUT2D eigenvalue weighted by Gasteiger charge is -2.17. The molecule has 0 fully saturated rings. The third-order valence-corrected chi connectivity index (χ3v) is 2.49. The number of aromatic amines is 1. The molecule has 0 saturated carbocycles. The summed E-state index contributed by atoms with van der Waals surface area (Å²) in [7, 11) is 0. The summed E-state index contributed by atoms with van der Waals surface area (Å²) in [6, 6.07) is 0. The van der Waals surface area contributed by atoms with Crippen LogP contribution in [-0.4, -0.2) is 14.6 Å². The molecule has 0 atom stereocenters. The Kier molecular flexibility index (Phi) is 7.38. The van der Waals surface area contributed by atoms with Gasteiger partial charge in [-0.15, -0.1) is 0 Å². The first-order valence-corrected chi connectivity index (χ1v) is 6.60. The summed E-state index contributed by atoms with van der Waals surface area (Å²) in [5.41, 5.74) is 5.93. The first kappa shape index (κ1) is 18.0. The Morgan fingerprint density at radius 2 is 2.00 bits per heavy atom. The lowest BCUT2D eigenvalue weighted by molar-refractivity contribution is 0.301. The third kappa shape index (κ3) is 5.31. The predicted molar refractivity (Wildman–Crippen MR) is 80.5 cm³/mol. The lowest BCUT2D eigenvalue weighted by Crippen LogP contribution is -2.38. The molecule has 1 rings (SSSR count). The molecule has 0 radical (unpaired) electrons. The van der Waals surface area contributed by atoms with Crippen molar-refractivity contribution < 1.29 is 0 Å². The van der Waals surface area contributed by atoms with Crippen molar-refractivity contribution in [1.29, 1.82) is 0 Å². The molecule has 0 saturated heterocycles. The van der Waals surface area contributed by atoms with E-state index in [-0.39, 0.29) is 12.6 Å². The van der Waals surface area contributed by atoms with Crippen LogP contribution in [0.2, 0.25) is 0 Å². The van der Waals surface area contributed by atoms with Gasteiger partial charge in [0.25, 0.3) is 5.56 Å². The van der Waals surface area contributed by atoms with Crippen molar-refractivity contribution >= 4 is 0 Å². The summed E-state index contributed by atoms with van der Waals surface area (Å²) in [5.74, 6) is 5.90. The van der Waals surface area contributed by atoms with E-state index in [1.165, 1.54) is 15.8 Å². The molecule has 0 aliphatic carbocycles. The summed E-state index contributed by atoms with van der Waals surface area (Å²) in [6.45, 7) is 9.61. The number of allylic oxidation sites excluding steroid dienone is 1. The molecule has 0 aromatic carbocycles. The van der Waals surface area contributed by atoms with Crippen molar-refractivity contribution in [1.82, 2.24) is 14.6 Å². The smallest absolute Gasteiger partial charge is 0.329 e. The van der Waals surface area contributed by atoms with Gasteiger partial charge in [-0.3, -0.25) is 19.4 Å². The SMILES string of the molecule is CC.Cc1cn(CN(N)/C=C(\N)C(C)C)c(=O)[nH]c1=O. The first-order valence-electron chi connectivity index (χ1n) is 6.60. The van der Waals surface area contributed by atoms with Gasteiger partial charge in [-0.05, 0) is 12.8 Å². The third-order valence-electron chi connectivity index (χ3n) is 2.49. The fourth-order valence-electron chi connectivity index (χ4n) is 1.28. The first-order chi connectivity index (χ1) is 9.31. The van der Waals surface area contributed by atoms with Crippen LogP contribution < -0.4 is 22.8 Å². The van der Waals surface area contributed by atoms with Crippen LogP contribution in [0.25, 0.3) is 0 Å². The van der Waals surface area contributed by atoms with Gasteiger partial charge in [-0.1, -0.05) is 27.7 Å². The number of H-pyrrole nitrogens is 1. The van der Waals surface area contributed by atoms with E-state index in [9.17, 15) is 9.59 Å². The van der Waals surface area contributed by atoms with Crippen LogP contribution >= 0.6 is 0 Å². The molecule has 0 bridgehead atoms. The molecule has 1 aromatic heterocycles. The minimum atomic E-state index is -0.502. The van der Waals surface area contributed by atoms with Crippen LogP contribution in [-0.2, 0) is 6.67 Å². The molecule has 0 spiro atoms. The van der Waals surface area contributed by atoms with Gasteiger partial charge in [0, 0.05) is 23.7 Å². The van der Waals surface area contributed by atoms with Crippen molar-refractivity contribution in [3.05, 3.63) is 44.5 Å². The Labute approximate surface area is 118 Å². The average Bonchev–Trinajstić information content (AvgIpc) is 2.38. The van der Waals surface area contributed by atoms with E-state index in [2.05, 4.69) is 4.98 Å². The van der Waals surface area contributed by atoms with E-state index in [1.54, 1.807) is 13.1 Å². The minimum Gasteiger partial charge on any atom is -0.401 e. The van der Waals surface area contributed by atoms with E-state index < -0.39 is 11.2 Å². The van der Waals surface area contributed by atoms with Gasteiger partial charge >= 0.3 is 5.69 Å². The zero-order valence-corrected chi connectivity index (χ0v) is 12.8. The number of rotatable bonds is 4. The number of aromatic nitrogens is 2. The van der Waals surface area contributed by atoms with Crippen molar-refractivity contribution in [2.45, 2.75) is 41.3 Å². The van der Waals surface area contributed by atoms with E-state index in [0.717, 1.165) is 0 Å². The number of nitrogens with zero attached hydrogens (tertiary/aromatic N) is 2. The van der Waals surface area contributed by atoms with E-state index in [1.807, 2.05) is 27.7 Å². The number of hydrogen-bond donors (Lipinski definition) is 3. The monoisotopic (exact) mass is 283 g/mol. The number of nitrogens with one attached hydrogen (secondary N) is 1. The highest BCUT2D eigenvalue weighted by Crippen LogP contribution is 2.02. The van der Waals surface area contributed by atoms with Gasteiger partial charge < -0.3 is 5.73 Å². The summed E-state index contributed by atoms with van der Waals surface area (Å²) in [5, 5.41) is 1.30. The summed E-state index contributed by atoms with van der Waals surface area (Å²) in [4.78, 5) is 24.9. The molecular formula is C13H25N5O2. The van der Waals surface area contributed by atoms with Crippen molar-refractivity contribution in [3.63, 3.8) is 0 Å². The molecule has 0 aliphatic heterocycles. The molecule has 0 aliphatic rings. The van der Waals surface area contributed by atoms with E-state index in [0.29, 0.717) is 11.3 Å². The molecule has 114 valence electrons. The second kappa shape index (κ2) is 8.21. The number of hydrogen-bond acceptors (Lipinski definition) is 5. The van der Waals surface area contributed by atoms with Gasteiger partial charge in [-0.25, -0.2) is 10.6 Å². The van der Waals surface area contributed by atoms with Crippen LogP contribution in [0.15, 0.2) is 27.7 Å². The maximum Gasteiger partial charge on any atom is 0.329 e. The number of aryl methyl sites for hydroxylation is 1. The number of hydrazine groups is 1. The van der Waals surface area contributed by atoms with Crippen molar-refractivity contribution in [2.75, 3.05) is 0 Å². The quantitative estimate of drug-likeness (QED) is 0.549. The minimum absolute atomic E-state index is 0.115. The maximum absolute atomic E-state index is 11.5. The second-order valence-electron chi connectivity index (χ2n) is 4.48. The Bertz CT molecular complexity index is 557. The van der Waals surface area contributed by atoms with E-state index in [4.69, 9.17) is 11.6 Å². The molecule has 0 amide bonds. The molecule has 1 heterocycles. The largest absolute Gasteiger partial charge is 0.401 e. The van der Waals surface area contributed by atoms with Gasteiger partial charge in [0.1, 0.15) is 6.67 Å². The highest BCUT2D eigenvalue weighted by molar-refractivity contribution is 5.01. The zero-order valence-electron chi connectivity index (χ0n) is 12.8. The molecule has 1 aromatic rings. The Morgan fingerprint density at radius 1 is 1.45 bits per heavy atom. The van der Waals surface area contributed by atoms with Crippen LogP contribution in [0.1, 0.15) is 33.3 Å². The van der Waals surface area contributed by atoms with E-state index >= 15 is 0 Å². The standard InChI is InChI=1S/C11H19N5O2.C2H6/c1-7(2)9(12)5-16(13)6-15-4-8(3)10(17)14-11(15)18;1-2/h4-5,7H,6,12-13H2,1-3H3,(H,14,17,18);1-2H3/b9-5-;. The summed E-state index contributed by atoms with van der Waals surface area (Å²) < 4.78 is 1.31. The molecule has 0 unspecified atom stereocenters. The molecule has 7 heteroatoms. The second-order valence-corrected chi connectivity index (χ2v) is 4.48. The van der Waals surface area contributed by atoms with Gasteiger partial charge in [0.15, 0.2) is 0 Å². The van der Waals surface area contributed by atoms with Crippen molar-refractivity contribution in [2.24, 2.45) is 17.5 Å². The van der Waals surface area contributed by atoms with Crippen LogP contribution in [0.5, 0.6) is 0 Å². The fourth-order valence-corrected chi connectivity index (χ4v) is 1.28. The number of nitrogens with two attached hydrogens (primary N) is 2. The lowest BCUT2D eigenvalue weighted by atomic mass is 10.2. The molecule has 20 heavy (non-hydrogen) atoms.